The van der Waals surface area contributed by atoms with E-state index in [0.717, 1.165) is 34.2 Å². The highest BCUT2D eigenvalue weighted by Crippen LogP contribution is 2.23. The highest BCUT2D eigenvalue weighted by molar-refractivity contribution is 6.38. The number of carbonyl (C=O) groups is 1. The molecule has 3 N–H and O–H groups in total. The topological polar surface area (TPSA) is 83.0 Å². The summed E-state index contributed by atoms with van der Waals surface area (Å²) in [6.45, 7) is 0.305. The van der Waals surface area contributed by atoms with Crippen LogP contribution >= 0.6 is 0 Å². The van der Waals surface area contributed by atoms with Crippen LogP contribution in [0.4, 0.5) is 28.4 Å². The minimum Gasteiger partial charge on any atom is -0.497 e. The van der Waals surface area contributed by atoms with Crippen LogP contribution < -0.4 is 25.3 Å². The molecule has 0 radical (unpaired) electrons. The van der Waals surface area contributed by atoms with Gasteiger partial charge in [0.1, 0.15) is 5.75 Å². The van der Waals surface area contributed by atoms with Gasteiger partial charge in [0, 0.05) is 31.5 Å². The Kier molecular flexibility index (Phi) is 8.48. The number of benzene rings is 3. The van der Waals surface area contributed by atoms with Crippen molar-refractivity contribution in [1.29, 1.82) is 0 Å². The van der Waals surface area contributed by atoms with E-state index in [1.807, 2.05) is 104 Å². The van der Waals surface area contributed by atoms with Crippen LogP contribution in [-0.2, 0) is 9.53 Å². The third-order valence-electron chi connectivity index (χ3n) is 5.36. The molecule has 3 aromatic carbocycles. The summed E-state index contributed by atoms with van der Waals surface area (Å²) in [5.41, 5.74) is 5.14. The highest BCUT2D eigenvalue weighted by Gasteiger charge is 2.19. The van der Waals surface area contributed by atoms with Crippen molar-refractivity contribution in [1.82, 2.24) is 0 Å². The molecule has 34 heavy (non-hydrogen) atoms. The maximum Gasteiger partial charge on any atom is 0.356 e. The number of para-hydroxylation sites is 2. The number of methoxy groups -OCH3 is 2. The molecule has 0 aromatic heterocycles. The van der Waals surface area contributed by atoms with Crippen LogP contribution in [0.2, 0.25) is 0 Å². The zero-order chi connectivity index (χ0) is 24.5. The predicted molar refractivity (Wildman–Crippen MR) is 138 cm³/mol. The molecular weight excluding hydrogens is 430 g/mol. The quantitative estimate of drug-likeness (QED) is 0.208. The van der Waals surface area contributed by atoms with Crippen molar-refractivity contribution in [2.75, 3.05) is 57.1 Å². The van der Waals surface area contributed by atoms with Gasteiger partial charge >= 0.3 is 5.97 Å². The fraction of sp³-hybridized carbons (Fsp3) is 0.231. The van der Waals surface area contributed by atoms with Crippen LogP contribution in [0.5, 0.6) is 5.75 Å². The Bertz CT molecular complexity index is 1110. The molecule has 0 bridgehead atoms. The first-order chi connectivity index (χ1) is 16.4. The van der Waals surface area contributed by atoms with Crippen molar-refractivity contribution in [2.24, 2.45) is 5.10 Å². The molecule has 0 aliphatic carbocycles. The molecule has 0 atom stereocenters. The van der Waals surface area contributed by atoms with E-state index >= 15 is 0 Å². The third-order valence-corrected chi connectivity index (χ3v) is 5.36. The first kappa shape index (κ1) is 24.6. The molecule has 178 valence electrons. The fourth-order valence-corrected chi connectivity index (χ4v) is 3.48. The Morgan fingerprint density at radius 3 is 2.15 bits per heavy atom. The summed E-state index contributed by atoms with van der Waals surface area (Å²) in [6.07, 6.45) is 0. The van der Waals surface area contributed by atoms with Gasteiger partial charge in [0.2, 0.25) is 0 Å². The monoisotopic (exact) mass is 462 g/mol. The second kappa shape index (κ2) is 11.7. The number of carbonyl (C=O) groups excluding carboxylic acids is 1. The Hall–Kier alpha value is -4.04. The first-order valence-electron chi connectivity index (χ1n) is 11.0. The van der Waals surface area contributed by atoms with E-state index in [0.29, 0.717) is 12.3 Å². The Morgan fingerprint density at radius 1 is 0.941 bits per heavy atom. The summed E-state index contributed by atoms with van der Waals surface area (Å²) < 4.78 is 10.2. The van der Waals surface area contributed by atoms with Gasteiger partial charge in [0.05, 0.1) is 39.2 Å². The molecule has 8 heteroatoms. The van der Waals surface area contributed by atoms with Gasteiger partial charge in [0.15, 0.2) is 11.4 Å². The summed E-state index contributed by atoms with van der Waals surface area (Å²) in [5.74, 6) is 0.346. The molecule has 0 amide bonds. The summed E-state index contributed by atoms with van der Waals surface area (Å²) in [5, 5.41) is 11.6. The minimum absolute atomic E-state index is 0.304. The van der Waals surface area contributed by atoms with Crippen molar-refractivity contribution in [2.45, 2.75) is 0 Å². The SMILES string of the molecule is C[NH2+]c1ccccc1N(C)C/C(=N/N(C)c1ccc(Nc2ccc(OC)cc2)cc1)C(=O)OC. The van der Waals surface area contributed by atoms with E-state index in [-0.39, 0.29) is 0 Å². The highest BCUT2D eigenvalue weighted by atomic mass is 16.5. The van der Waals surface area contributed by atoms with E-state index in [1.165, 1.54) is 7.11 Å². The standard InChI is InChI=1S/C26H31N5O3/c1-27-23-8-6-7-9-25(23)30(2)18-24(26(32)34-5)29-31(3)21-14-10-19(11-15-21)28-20-12-16-22(33-4)17-13-20/h6-17,27-28H,18H2,1-5H3/p+1/b29-24-. The van der Waals surface area contributed by atoms with Crippen LogP contribution in [0.25, 0.3) is 0 Å². The number of hydrogen-bond acceptors (Lipinski definition) is 7. The zero-order valence-corrected chi connectivity index (χ0v) is 20.3. The van der Waals surface area contributed by atoms with Crippen LogP contribution in [-0.4, -0.2) is 53.6 Å². The molecule has 3 rings (SSSR count). The Balaban J connectivity index is 1.74. The van der Waals surface area contributed by atoms with Gasteiger partial charge < -0.3 is 25.0 Å². The number of nitrogens with two attached hydrogens (primary N) is 1. The smallest absolute Gasteiger partial charge is 0.356 e. The number of nitrogens with one attached hydrogen (secondary N) is 1. The molecule has 0 aliphatic rings. The molecule has 0 unspecified atom stereocenters. The third kappa shape index (κ3) is 6.26. The van der Waals surface area contributed by atoms with Crippen LogP contribution in [0.15, 0.2) is 77.9 Å². The van der Waals surface area contributed by atoms with E-state index in [2.05, 4.69) is 10.4 Å². The normalized spacial score (nSPS) is 11.0. The lowest BCUT2D eigenvalue weighted by atomic mass is 10.2. The number of esters is 1. The van der Waals surface area contributed by atoms with Gasteiger partial charge in [-0.1, -0.05) is 12.1 Å². The van der Waals surface area contributed by atoms with Crippen molar-refractivity contribution >= 4 is 40.1 Å². The molecule has 0 saturated heterocycles. The second-order valence-corrected chi connectivity index (χ2v) is 7.67. The summed E-state index contributed by atoms with van der Waals surface area (Å²) in [4.78, 5) is 14.5. The average molecular weight is 463 g/mol. The molecule has 0 fully saturated rings. The molecule has 0 saturated carbocycles. The number of quaternary nitrogens is 1. The van der Waals surface area contributed by atoms with E-state index in [4.69, 9.17) is 9.47 Å². The Labute approximate surface area is 200 Å². The predicted octanol–water partition coefficient (Wildman–Crippen LogP) is 3.37. The maximum absolute atomic E-state index is 12.5. The number of rotatable bonds is 10. The van der Waals surface area contributed by atoms with Gasteiger partial charge in [-0.15, -0.1) is 0 Å². The second-order valence-electron chi connectivity index (χ2n) is 7.67. The molecule has 0 aliphatic heterocycles. The molecule has 0 heterocycles. The van der Waals surface area contributed by atoms with Crippen LogP contribution in [0.3, 0.4) is 0 Å². The summed E-state index contributed by atoms with van der Waals surface area (Å²) in [7, 11) is 8.74. The number of hydrazone groups is 1. The lowest BCUT2D eigenvalue weighted by Gasteiger charge is -2.22. The van der Waals surface area contributed by atoms with Crippen molar-refractivity contribution in [3.63, 3.8) is 0 Å². The fourth-order valence-electron chi connectivity index (χ4n) is 3.48. The largest absolute Gasteiger partial charge is 0.497 e. The van der Waals surface area contributed by atoms with Crippen molar-refractivity contribution in [3.05, 3.63) is 72.8 Å². The number of anilines is 4. The lowest BCUT2D eigenvalue weighted by molar-refractivity contribution is -0.538. The first-order valence-corrected chi connectivity index (χ1v) is 11.0. The number of hydrogen-bond donors (Lipinski definition) is 2. The number of ether oxygens (including phenoxy) is 2. The average Bonchev–Trinajstić information content (AvgIpc) is 2.88. The maximum atomic E-state index is 12.5. The van der Waals surface area contributed by atoms with E-state index in [1.54, 1.807) is 12.1 Å². The Morgan fingerprint density at radius 2 is 1.56 bits per heavy atom. The number of nitrogens with zero attached hydrogens (tertiary/aromatic N) is 3. The molecule has 8 nitrogen and oxygen atoms in total. The van der Waals surface area contributed by atoms with E-state index < -0.39 is 5.97 Å². The van der Waals surface area contributed by atoms with Crippen molar-refractivity contribution < 1.29 is 19.6 Å². The van der Waals surface area contributed by atoms with Crippen LogP contribution in [0.1, 0.15) is 0 Å². The van der Waals surface area contributed by atoms with Gasteiger partial charge in [-0.25, -0.2) is 4.79 Å². The summed E-state index contributed by atoms with van der Waals surface area (Å²) in [6, 6.07) is 23.5. The van der Waals surface area contributed by atoms with Gasteiger partial charge in [0.25, 0.3) is 0 Å². The molecular formula is C26H32N5O3+. The van der Waals surface area contributed by atoms with E-state index in [9.17, 15) is 4.79 Å². The zero-order valence-electron chi connectivity index (χ0n) is 20.3. The summed E-state index contributed by atoms with van der Waals surface area (Å²) >= 11 is 0. The lowest BCUT2D eigenvalue weighted by Crippen LogP contribution is -2.73. The van der Waals surface area contributed by atoms with Crippen molar-refractivity contribution in [3.8, 4) is 5.75 Å². The minimum atomic E-state index is -0.463. The van der Waals surface area contributed by atoms with Gasteiger partial charge in [-0.2, -0.15) is 5.10 Å². The van der Waals surface area contributed by atoms with Gasteiger partial charge in [-0.05, 0) is 54.6 Å². The van der Waals surface area contributed by atoms with Crippen LogP contribution in [0, 0.1) is 0 Å². The molecule has 0 spiro atoms. The van der Waals surface area contributed by atoms with Gasteiger partial charge in [-0.3, -0.25) is 5.01 Å². The molecule has 3 aromatic rings.